The lowest BCUT2D eigenvalue weighted by Crippen LogP contribution is -2.51. The zero-order valence-electron chi connectivity index (χ0n) is 21.2. The largest absolute Gasteiger partial charge is 0.418 e. The molecule has 0 aliphatic carbocycles. The number of benzene rings is 2. The smallest absolute Gasteiger partial charge is 0.368 e. The fourth-order valence-electron chi connectivity index (χ4n) is 5.03. The van der Waals surface area contributed by atoms with Gasteiger partial charge >= 0.3 is 6.18 Å². The van der Waals surface area contributed by atoms with Gasteiger partial charge in [0.15, 0.2) is 5.82 Å². The number of hydrogen-bond acceptors (Lipinski definition) is 8. The summed E-state index contributed by atoms with van der Waals surface area (Å²) in [6, 6.07) is 8.11. The van der Waals surface area contributed by atoms with Crippen LogP contribution in [-0.2, 0) is 6.18 Å². The Morgan fingerprint density at radius 2 is 1.82 bits per heavy atom. The monoisotopic (exact) mass is 574 g/mol. The lowest BCUT2D eigenvalue weighted by atomic mass is 10.1. The molecule has 0 unspecified atom stereocenters. The SMILES string of the molecule is CN1CCN(c2ccc(Nc3ncc4c(n3)N3CCN=C3N(c3c(F)cccc3Cl)C4=O)cc2C(F)(F)F)CC1. The van der Waals surface area contributed by atoms with Gasteiger partial charge in [0, 0.05) is 50.3 Å². The Morgan fingerprint density at radius 1 is 1.05 bits per heavy atom. The Bertz CT molecular complexity index is 1500. The number of nitrogens with zero attached hydrogens (tertiary/aromatic N) is 7. The molecule has 208 valence electrons. The molecular formula is C26H23ClF4N8O. The van der Waals surface area contributed by atoms with Gasteiger partial charge in [-0.3, -0.25) is 14.7 Å². The Kier molecular flexibility index (Phi) is 6.50. The standard InChI is InChI=1S/C26H23ClF4N8O/c1-36-9-11-37(12-10-36)20-6-5-15(13-17(20)26(29,30)31)34-24-33-14-16-22(35-24)38-8-7-32-25(38)39(23(16)40)21-18(27)3-2-4-19(21)28/h2-6,13-14H,7-12H2,1H3,(H,33,34,35). The first kappa shape index (κ1) is 26.3. The number of para-hydroxylation sites is 1. The van der Waals surface area contributed by atoms with Crippen molar-refractivity contribution in [3.8, 4) is 0 Å². The molecule has 0 saturated carbocycles. The number of fused-ring (bicyclic) bond motifs is 3. The van der Waals surface area contributed by atoms with Gasteiger partial charge in [0.2, 0.25) is 11.9 Å². The van der Waals surface area contributed by atoms with Gasteiger partial charge < -0.3 is 15.1 Å². The van der Waals surface area contributed by atoms with Crippen LogP contribution in [0.5, 0.6) is 0 Å². The van der Waals surface area contributed by atoms with Crippen LogP contribution in [0.1, 0.15) is 15.9 Å². The molecule has 0 bridgehead atoms. The van der Waals surface area contributed by atoms with Crippen LogP contribution in [0.3, 0.4) is 0 Å². The molecule has 1 saturated heterocycles. The third-order valence-electron chi connectivity index (χ3n) is 7.04. The second-order valence-corrected chi connectivity index (χ2v) is 10.0. The topological polar surface area (TPSA) is 80.2 Å². The highest BCUT2D eigenvalue weighted by atomic mass is 35.5. The number of rotatable bonds is 4. The number of alkyl halides is 3. The van der Waals surface area contributed by atoms with Crippen LogP contribution in [-0.4, -0.2) is 73.1 Å². The maximum Gasteiger partial charge on any atom is 0.418 e. The molecule has 9 nitrogen and oxygen atoms in total. The van der Waals surface area contributed by atoms with Crippen molar-refractivity contribution in [3.63, 3.8) is 0 Å². The fraction of sp³-hybridized carbons (Fsp3) is 0.308. The summed E-state index contributed by atoms with van der Waals surface area (Å²) in [5.41, 5.74) is -0.559. The second kappa shape index (κ2) is 9.89. The van der Waals surface area contributed by atoms with E-state index in [1.807, 2.05) is 7.05 Å². The summed E-state index contributed by atoms with van der Waals surface area (Å²) < 4.78 is 56.9. The van der Waals surface area contributed by atoms with E-state index in [4.69, 9.17) is 11.6 Å². The van der Waals surface area contributed by atoms with Crippen molar-refractivity contribution in [2.45, 2.75) is 6.18 Å². The molecule has 40 heavy (non-hydrogen) atoms. The number of likely N-dealkylation sites (N-methyl/N-ethyl adjacent to an activating group) is 1. The van der Waals surface area contributed by atoms with Crippen LogP contribution in [0.2, 0.25) is 5.02 Å². The van der Waals surface area contributed by atoms with Crippen molar-refractivity contribution >= 4 is 52.3 Å². The molecule has 4 heterocycles. The van der Waals surface area contributed by atoms with E-state index in [2.05, 4.69) is 25.2 Å². The van der Waals surface area contributed by atoms with Crippen molar-refractivity contribution in [2.75, 3.05) is 66.3 Å². The third kappa shape index (κ3) is 4.58. The van der Waals surface area contributed by atoms with Crippen molar-refractivity contribution in [1.29, 1.82) is 0 Å². The predicted octanol–water partition coefficient (Wildman–Crippen LogP) is 4.62. The van der Waals surface area contributed by atoms with Crippen molar-refractivity contribution < 1.29 is 22.4 Å². The molecule has 6 rings (SSSR count). The maximum absolute atomic E-state index is 14.8. The minimum atomic E-state index is -4.57. The van der Waals surface area contributed by atoms with E-state index in [-0.39, 0.29) is 45.4 Å². The van der Waals surface area contributed by atoms with Crippen LogP contribution in [0, 0.1) is 5.82 Å². The molecule has 0 spiro atoms. The second-order valence-electron chi connectivity index (χ2n) is 9.62. The molecule has 0 radical (unpaired) electrons. The number of amides is 1. The summed E-state index contributed by atoms with van der Waals surface area (Å²) in [4.78, 5) is 33.0. The van der Waals surface area contributed by atoms with E-state index in [9.17, 15) is 22.4 Å². The Labute approximate surface area is 231 Å². The zero-order chi connectivity index (χ0) is 28.2. The Balaban J connectivity index is 1.32. The van der Waals surface area contributed by atoms with Gasteiger partial charge in [0.1, 0.15) is 17.1 Å². The molecule has 2 aromatic carbocycles. The predicted molar refractivity (Wildman–Crippen MR) is 144 cm³/mol. The molecular weight excluding hydrogens is 552 g/mol. The molecule has 3 aliphatic heterocycles. The normalized spacial score (nSPS) is 17.6. The summed E-state index contributed by atoms with van der Waals surface area (Å²) in [6.45, 7) is 2.99. The highest BCUT2D eigenvalue weighted by Gasteiger charge is 2.42. The molecule has 1 amide bonds. The zero-order valence-corrected chi connectivity index (χ0v) is 22.0. The Morgan fingerprint density at radius 3 is 2.55 bits per heavy atom. The number of aliphatic imine (C=N–C) groups is 1. The van der Waals surface area contributed by atoms with Gasteiger partial charge in [-0.25, -0.2) is 14.3 Å². The molecule has 3 aromatic rings. The van der Waals surface area contributed by atoms with E-state index in [0.29, 0.717) is 39.3 Å². The first-order valence-corrected chi connectivity index (χ1v) is 12.9. The van der Waals surface area contributed by atoms with Gasteiger partial charge in [-0.15, -0.1) is 0 Å². The number of piperazine rings is 1. The van der Waals surface area contributed by atoms with Crippen LogP contribution in [0.15, 0.2) is 47.6 Å². The van der Waals surface area contributed by atoms with Crippen LogP contribution in [0.4, 0.5) is 46.4 Å². The first-order chi connectivity index (χ1) is 19.1. The average molecular weight is 575 g/mol. The van der Waals surface area contributed by atoms with E-state index < -0.39 is 23.5 Å². The summed E-state index contributed by atoms with van der Waals surface area (Å²) >= 11 is 6.24. The molecule has 14 heteroatoms. The van der Waals surface area contributed by atoms with Crippen LogP contribution < -0.4 is 20.0 Å². The number of hydrogen-bond donors (Lipinski definition) is 1. The number of anilines is 5. The lowest BCUT2D eigenvalue weighted by Gasteiger charge is -2.35. The maximum atomic E-state index is 14.8. The van der Waals surface area contributed by atoms with Crippen molar-refractivity contribution in [2.24, 2.45) is 4.99 Å². The Hall–Kier alpha value is -3.97. The van der Waals surface area contributed by atoms with Gasteiger partial charge in [0.25, 0.3) is 5.91 Å². The number of aromatic nitrogens is 2. The number of carbonyl (C=O) groups is 1. The van der Waals surface area contributed by atoms with E-state index in [1.54, 1.807) is 15.9 Å². The number of carbonyl (C=O) groups excluding carboxylic acids is 1. The fourth-order valence-corrected chi connectivity index (χ4v) is 5.27. The summed E-state index contributed by atoms with van der Waals surface area (Å²) in [6.07, 6.45) is -3.31. The average Bonchev–Trinajstić information content (AvgIpc) is 3.40. The summed E-state index contributed by atoms with van der Waals surface area (Å²) in [5.74, 6) is -0.951. The molecule has 1 N–H and O–H groups in total. The number of halogens is 5. The van der Waals surface area contributed by atoms with Gasteiger partial charge in [-0.2, -0.15) is 18.2 Å². The summed E-state index contributed by atoms with van der Waals surface area (Å²) in [7, 11) is 1.94. The van der Waals surface area contributed by atoms with E-state index >= 15 is 0 Å². The molecule has 1 aromatic heterocycles. The van der Waals surface area contributed by atoms with Crippen molar-refractivity contribution in [3.05, 3.63) is 64.6 Å². The van der Waals surface area contributed by atoms with E-state index in [1.165, 1.54) is 30.5 Å². The van der Waals surface area contributed by atoms with Crippen LogP contribution >= 0.6 is 11.6 Å². The lowest BCUT2D eigenvalue weighted by molar-refractivity contribution is -0.137. The highest BCUT2D eigenvalue weighted by Crippen LogP contribution is 2.40. The third-order valence-corrected chi connectivity index (χ3v) is 7.34. The minimum absolute atomic E-state index is 0.00403. The van der Waals surface area contributed by atoms with E-state index in [0.717, 1.165) is 11.0 Å². The number of guanidine groups is 1. The quantitative estimate of drug-likeness (QED) is 0.456. The molecule has 0 atom stereocenters. The highest BCUT2D eigenvalue weighted by molar-refractivity contribution is 6.38. The number of nitrogens with one attached hydrogen (secondary N) is 1. The van der Waals surface area contributed by atoms with Gasteiger partial charge in [-0.05, 0) is 37.4 Å². The molecule has 3 aliphatic rings. The first-order valence-electron chi connectivity index (χ1n) is 12.5. The minimum Gasteiger partial charge on any atom is -0.368 e. The van der Waals surface area contributed by atoms with Crippen molar-refractivity contribution in [1.82, 2.24) is 14.9 Å². The molecule has 1 fully saturated rings. The van der Waals surface area contributed by atoms with Gasteiger partial charge in [-0.1, -0.05) is 17.7 Å². The summed E-state index contributed by atoms with van der Waals surface area (Å²) in [5, 5.41) is 2.87. The van der Waals surface area contributed by atoms with Crippen LogP contribution in [0.25, 0.3) is 0 Å². The van der Waals surface area contributed by atoms with Gasteiger partial charge in [0.05, 0.1) is 17.1 Å².